The van der Waals surface area contributed by atoms with Gasteiger partial charge in [0.05, 0.1) is 10.9 Å². The monoisotopic (exact) mass is 525 g/mol. The predicted molar refractivity (Wildman–Crippen MR) is 153 cm³/mol. The summed E-state index contributed by atoms with van der Waals surface area (Å²) >= 11 is 0. The van der Waals surface area contributed by atoms with Crippen molar-refractivity contribution in [1.82, 2.24) is 14.5 Å². The van der Waals surface area contributed by atoms with Crippen molar-refractivity contribution in [2.45, 2.75) is 30.4 Å². The lowest BCUT2D eigenvalue weighted by molar-refractivity contribution is 0.0225. The molecular weight excluding hydrogens is 490 g/mol. The minimum Gasteiger partial charge on any atom is -0.290 e. The van der Waals surface area contributed by atoms with Crippen molar-refractivity contribution in [3.8, 4) is 0 Å². The van der Waals surface area contributed by atoms with E-state index in [1.165, 1.54) is 11.1 Å². The first kappa shape index (κ1) is 26.3. The summed E-state index contributed by atoms with van der Waals surface area (Å²) in [4.78, 5) is 5.04. The Morgan fingerprint density at radius 2 is 1.16 bits per heavy atom. The molecule has 5 rings (SSSR count). The molecule has 0 saturated carbocycles. The Bertz CT molecular complexity index is 1380. The van der Waals surface area contributed by atoms with Crippen LogP contribution in [0.25, 0.3) is 0 Å². The molecule has 38 heavy (non-hydrogen) atoms. The first-order valence-electron chi connectivity index (χ1n) is 13.1. The SMILES string of the molecule is Cc1ccc(S(=O)(=O)NC(C)(c2ccccc2)N2CCN(C(c3ccccc3)c3ccccc3)CC2)cc1. The van der Waals surface area contributed by atoms with E-state index in [-0.39, 0.29) is 10.9 Å². The second-order valence-electron chi connectivity index (χ2n) is 10.1. The zero-order valence-electron chi connectivity index (χ0n) is 22.0. The fourth-order valence-electron chi connectivity index (χ4n) is 5.42. The number of sulfonamides is 1. The highest BCUT2D eigenvalue weighted by molar-refractivity contribution is 7.89. The highest BCUT2D eigenvalue weighted by atomic mass is 32.2. The average molecular weight is 526 g/mol. The number of benzene rings is 4. The highest BCUT2D eigenvalue weighted by Gasteiger charge is 2.40. The molecule has 5 nitrogen and oxygen atoms in total. The van der Waals surface area contributed by atoms with E-state index in [9.17, 15) is 8.42 Å². The van der Waals surface area contributed by atoms with Gasteiger partial charge in [0.15, 0.2) is 0 Å². The van der Waals surface area contributed by atoms with E-state index in [4.69, 9.17) is 0 Å². The van der Waals surface area contributed by atoms with Crippen molar-refractivity contribution in [1.29, 1.82) is 0 Å². The van der Waals surface area contributed by atoms with Crippen LogP contribution in [-0.2, 0) is 15.7 Å². The molecule has 4 aromatic rings. The van der Waals surface area contributed by atoms with Crippen LogP contribution in [0.3, 0.4) is 0 Å². The van der Waals surface area contributed by atoms with Gasteiger partial charge in [-0.3, -0.25) is 9.80 Å². The molecule has 0 bridgehead atoms. The summed E-state index contributed by atoms with van der Waals surface area (Å²) in [7, 11) is -3.75. The van der Waals surface area contributed by atoms with E-state index in [2.05, 4.69) is 75.2 Å². The van der Waals surface area contributed by atoms with Gasteiger partial charge in [0.2, 0.25) is 10.0 Å². The summed E-state index contributed by atoms with van der Waals surface area (Å²) in [6.07, 6.45) is 0. The third kappa shape index (κ3) is 5.59. The normalized spacial score (nSPS) is 16.8. The van der Waals surface area contributed by atoms with E-state index in [1.807, 2.05) is 56.3 Å². The van der Waals surface area contributed by atoms with Crippen molar-refractivity contribution in [3.63, 3.8) is 0 Å². The van der Waals surface area contributed by atoms with Crippen LogP contribution in [0.2, 0.25) is 0 Å². The number of hydrogen-bond donors (Lipinski definition) is 1. The topological polar surface area (TPSA) is 52.7 Å². The van der Waals surface area contributed by atoms with Gasteiger partial charge in [0.25, 0.3) is 0 Å². The van der Waals surface area contributed by atoms with Gasteiger partial charge in [-0.2, -0.15) is 4.72 Å². The summed E-state index contributed by atoms with van der Waals surface area (Å²) in [6, 6.07) is 38.3. The maximum atomic E-state index is 13.6. The lowest BCUT2D eigenvalue weighted by atomic mass is 9.95. The number of hydrogen-bond acceptors (Lipinski definition) is 4. The van der Waals surface area contributed by atoms with Gasteiger partial charge in [0.1, 0.15) is 5.66 Å². The molecule has 1 unspecified atom stereocenters. The predicted octanol–water partition coefficient (Wildman–Crippen LogP) is 5.55. The van der Waals surface area contributed by atoms with Gasteiger partial charge >= 0.3 is 0 Å². The average Bonchev–Trinajstić information content (AvgIpc) is 2.95. The van der Waals surface area contributed by atoms with Crippen LogP contribution in [0, 0.1) is 6.92 Å². The van der Waals surface area contributed by atoms with Gasteiger partial charge in [0, 0.05) is 26.2 Å². The van der Waals surface area contributed by atoms with Gasteiger partial charge in [-0.05, 0) is 42.7 Å². The van der Waals surface area contributed by atoms with Crippen molar-refractivity contribution in [3.05, 3.63) is 138 Å². The molecule has 6 heteroatoms. The molecular formula is C32H35N3O2S. The van der Waals surface area contributed by atoms with Gasteiger partial charge in [-0.15, -0.1) is 0 Å². The molecule has 0 radical (unpaired) electrons. The fourth-order valence-corrected chi connectivity index (χ4v) is 6.80. The summed E-state index contributed by atoms with van der Waals surface area (Å²) < 4.78 is 30.2. The van der Waals surface area contributed by atoms with Crippen LogP contribution >= 0.6 is 0 Å². The Balaban J connectivity index is 1.43. The Hall–Kier alpha value is -3.29. The Morgan fingerprint density at radius 3 is 1.66 bits per heavy atom. The van der Waals surface area contributed by atoms with Crippen molar-refractivity contribution < 1.29 is 8.42 Å². The molecule has 0 aromatic heterocycles. The number of nitrogens with one attached hydrogen (secondary N) is 1. The fraction of sp³-hybridized carbons (Fsp3) is 0.250. The summed E-state index contributed by atoms with van der Waals surface area (Å²) in [5.74, 6) is 0. The number of piperazine rings is 1. The minimum absolute atomic E-state index is 0.145. The molecule has 0 amide bonds. The van der Waals surface area contributed by atoms with E-state index < -0.39 is 15.7 Å². The van der Waals surface area contributed by atoms with Crippen molar-refractivity contribution in [2.75, 3.05) is 26.2 Å². The van der Waals surface area contributed by atoms with Gasteiger partial charge in [-0.25, -0.2) is 8.42 Å². The summed E-state index contributed by atoms with van der Waals surface area (Å²) in [5.41, 5.74) is 3.58. The smallest absolute Gasteiger partial charge is 0.242 e. The third-order valence-corrected chi connectivity index (χ3v) is 9.10. The maximum Gasteiger partial charge on any atom is 0.242 e. The van der Waals surface area contributed by atoms with Gasteiger partial charge in [-0.1, -0.05) is 109 Å². The Labute approximate surface area is 226 Å². The van der Waals surface area contributed by atoms with Crippen LogP contribution in [0.5, 0.6) is 0 Å². The van der Waals surface area contributed by atoms with E-state index >= 15 is 0 Å². The number of nitrogens with zero attached hydrogens (tertiary/aromatic N) is 2. The van der Waals surface area contributed by atoms with Crippen LogP contribution in [-0.4, -0.2) is 44.4 Å². The number of rotatable bonds is 8. The molecule has 196 valence electrons. The third-order valence-electron chi connectivity index (χ3n) is 7.54. The molecule has 1 N–H and O–H groups in total. The van der Waals surface area contributed by atoms with E-state index in [1.54, 1.807) is 12.1 Å². The van der Waals surface area contributed by atoms with Crippen LogP contribution < -0.4 is 4.72 Å². The molecule has 0 aliphatic carbocycles. The molecule has 1 aliphatic heterocycles. The zero-order valence-corrected chi connectivity index (χ0v) is 22.8. The van der Waals surface area contributed by atoms with Crippen LogP contribution in [0.4, 0.5) is 0 Å². The largest absolute Gasteiger partial charge is 0.290 e. The lowest BCUT2D eigenvalue weighted by Crippen LogP contribution is -2.61. The van der Waals surface area contributed by atoms with Crippen molar-refractivity contribution in [2.24, 2.45) is 0 Å². The van der Waals surface area contributed by atoms with Crippen molar-refractivity contribution >= 4 is 10.0 Å². The minimum atomic E-state index is -3.75. The maximum absolute atomic E-state index is 13.6. The Morgan fingerprint density at radius 1 is 0.684 bits per heavy atom. The molecule has 0 spiro atoms. The van der Waals surface area contributed by atoms with Gasteiger partial charge < -0.3 is 0 Å². The molecule has 1 fully saturated rings. The Kier molecular flexibility index (Phi) is 7.77. The highest BCUT2D eigenvalue weighted by Crippen LogP contribution is 2.33. The molecule has 1 aliphatic rings. The first-order chi connectivity index (χ1) is 18.4. The lowest BCUT2D eigenvalue weighted by Gasteiger charge is -2.47. The standard InChI is InChI=1S/C32H35N3O2S/c1-26-18-20-30(21-19-26)38(36,37)33-32(2,29-16-10-5-11-17-29)35-24-22-34(23-25-35)31(27-12-6-3-7-13-27)28-14-8-4-9-15-28/h3-21,31,33H,22-25H2,1-2H3. The molecule has 4 aromatic carbocycles. The zero-order chi connectivity index (χ0) is 26.6. The van der Waals surface area contributed by atoms with E-state index in [0.29, 0.717) is 0 Å². The first-order valence-corrected chi connectivity index (χ1v) is 14.6. The molecule has 1 heterocycles. The van der Waals surface area contributed by atoms with E-state index in [0.717, 1.165) is 37.3 Å². The number of aryl methyl sites for hydroxylation is 1. The van der Waals surface area contributed by atoms with Crippen LogP contribution in [0.1, 0.15) is 35.2 Å². The summed E-state index contributed by atoms with van der Waals surface area (Å²) in [5, 5.41) is 0. The van der Waals surface area contributed by atoms with Crippen LogP contribution in [0.15, 0.2) is 120 Å². The molecule has 1 saturated heterocycles. The quantitative estimate of drug-likeness (QED) is 0.328. The summed E-state index contributed by atoms with van der Waals surface area (Å²) in [6.45, 7) is 6.99. The molecule has 1 atom stereocenters. The second kappa shape index (κ2) is 11.2. The second-order valence-corrected chi connectivity index (χ2v) is 11.8.